The highest BCUT2D eigenvalue weighted by atomic mass is 32.1. The molecule has 1 aliphatic rings. The van der Waals surface area contributed by atoms with Crippen molar-refractivity contribution in [1.82, 2.24) is 10.3 Å². The molecule has 4 heteroatoms. The lowest BCUT2D eigenvalue weighted by Gasteiger charge is -2.20. The Kier molecular flexibility index (Phi) is 5.01. The first-order valence-corrected chi connectivity index (χ1v) is 7.96. The first-order valence-electron chi connectivity index (χ1n) is 7.14. The van der Waals surface area contributed by atoms with E-state index in [2.05, 4.69) is 24.2 Å². The number of fused-ring (bicyclic) bond motifs is 1. The van der Waals surface area contributed by atoms with Crippen LogP contribution in [0.1, 0.15) is 55.6 Å². The van der Waals surface area contributed by atoms with Crippen LogP contribution in [0.15, 0.2) is 0 Å². The quantitative estimate of drug-likeness (QED) is 0.801. The Bertz CT molecular complexity index is 375. The lowest BCUT2D eigenvalue weighted by atomic mass is 9.98. The van der Waals surface area contributed by atoms with Crippen LogP contribution in [-0.2, 0) is 6.42 Å². The van der Waals surface area contributed by atoms with Crippen molar-refractivity contribution in [2.75, 3.05) is 25.5 Å². The molecule has 0 amide bonds. The zero-order valence-corrected chi connectivity index (χ0v) is 12.6. The molecule has 0 radical (unpaired) electrons. The average molecular weight is 267 g/mol. The first kappa shape index (κ1) is 13.8. The van der Waals surface area contributed by atoms with E-state index in [4.69, 9.17) is 4.98 Å². The van der Waals surface area contributed by atoms with E-state index in [1.807, 2.05) is 18.4 Å². The zero-order chi connectivity index (χ0) is 13.0. The molecule has 1 heterocycles. The predicted molar refractivity (Wildman–Crippen MR) is 79.6 cm³/mol. The van der Waals surface area contributed by atoms with Gasteiger partial charge < -0.3 is 10.2 Å². The lowest BCUT2D eigenvalue weighted by Crippen LogP contribution is -2.22. The normalized spacial score (nSPS) is 18.7. The molecule has 1 aromatic heterocycles. The maximum absolute atomic E-state index is 4.86. The summed E-state index contributed by atoms with van der Waals surface area (Å²) in [5.41, 5.74) is 1.31. The summed E-state index contributed by atoms with van der Waals surface area (Å²) in [4.78, 5) is 8.69. The second kappa shape index (κ2) is 6.53. The van der Waals surface area contributed by atoms with Crippen LogP contribution in [0.5, 0.6) is 0 Å². The molecule has 1 N–H and O–H groups in total. The largest absolute Gasteiger partial charge is 0.351 e. The summed E-state index contributed by atoms with van der Waals surface area (Å²) < 4.78 is 0. The molecule has 0 saturated carbocycles. The first-order chi connectivity index (χ1) is 8.76. The molecule has 102 valence electrons. The molecule has 1 atom stereocenters. The standard InChI is InChI=1S/C14H25N3S/c1-4-5-6-10-17(3)14-16-13-11(15-2)8-7-9-12(13)18-14/h11,15H,4-10H2,1-3H3. The van der Waals surface area contributed by atoms with E-state index in [1.54, 1.807) is 0 Å². The third-order valence-corrected chi connectivity index (χ3v) is 4.96. The fourth-order valence-corrected chi connectivity index (χ4v) is 3.69. The Morgan fingerprint density at radius 1 is 1.44 bits per heavy atom. The highest BCUT2D eigenvalue weighted by molar-refractivity contribution is 7.15. The number of hydrogen-bond donors (Lipinski definition) is 1. The van der Waals surface area contributed by atoms with Crippen molar-refractivity contribution in [2.45, 2.75) is 51.5 Å². The molecule has 3 nitrogen and oxygen atoms in total. The third kappa shape index (κ3) is 3.04. The molecule has 2 rings (SSSR count). The Balaban J connectivity index is 2.04. The number of anilines is 1. The molecule has 18 heavy (non-hydrogen) atoms. The number of aryl methyl sites for hydroxylation is 1. The van der Waals surface area contributed by atoms with E-state index in [-0.39, 0.29) is 0 Å². The fourth-order valence-electron chi connectivity index (χ4n) is 2.54. The van der Waals surface area contributed by atoms with Gasteiger partial charge in [0.25, 0.3) is 0 Å². The summed E-state index contributed by atoms with van der Waals surface area (Å²) in [6, 6.07) is 0.475. The Hall–Kier alpha value is -0.610. The monoisotopic (exact) mass is 267 g/mol. The van der Waals surface area contributed by atoms with Crippen LogP contribution in [0, 0.1) is 0 Å². The highest BCUT2D eigenvalue weighted by Crippen LogP contribution is 2.36. The van der Waals surface area contributed by atoms with Crippen LogP contribution in [0.25, 0.3) is 0 Å². The third-order valence-electron chi connectivity index (χ3n) is 3.72. The van der Waals surface area contributed by atoms with Gasteiger partial charge in [0, 0.05) is 18.5 Å². The molecular weight excluding hydrogens is 242 g/mol. The van der Waals surface area contributed by atoms with Gasteiger partial charge in [-0.05, 0) is 32.7 Å². The molecule has 0 fully saturated rings. The number of thiazole rings is 1. The van der Waals surface area contributed by atoms with Gasteiger partial charge in [0.15, 0.2) is 5.13 Å². The van der Waals surface area contributed by atoms with Gasteiger partial charge in [-0.25, -0.2) is 4.98 Å². The topological polar surface area (TPSA) is 28.2 Å². The predicted octanol–water partition coefficient (Wildman–Crippen LogP) is 3.37. The van der Waals surface area contributed by atoms with Gasteiger partial charge in [-0.15, -0.1) is 11.3 Å². The number of aromatic nitrogens is 1. The van der Waals surface area contributed by atoms with Crippen molar-refractivity contribution < 1.29 is 0 Å². The average Bonchev–Trinajstić information content (AvgIpc) is 2.82. The van der Waals surface area contributed by atoms with Crippen LogP contribution in [-0.4, -0.2) is 25.6 Å². The lowest BCUT2D eigenvalue weighted by molar-refractivity contribution is 0.489. The summed E-state index contributed by atoms with van der Waals surface area (Å²) in [6.07, 6.45) is 7.60. The molecule has 1 aromatic rings. The van der Waals surface area contributed by atoms with Crippen molar-refractivity contribution in [3.63, 3.8) is 0 Å². The number of nitrogens with one attached hydrogen (secondary N) is 1. The highest BCUT2D eigenvalue weighted by Gasteiger charge is 2.24. The van der Waals surface area contributed by atoms with E-state index in [0.717, 1.165) is 6.54 Å². The molecule has 1 unspecified atom stereocenters. The van der Waals surface area contributed by atoms with Crippen LogP contribution in [0.4, 0.5) is 5.13 Å². The number of hydrogen-bond acceptors (Lipinski definition) is 4. The molecule has 0 bridgehead atoms. The maximum Gasteiger partial charge on any atom is 0.185 e. The minimum atomic E-state index is 0.475. The van der Waals surface area contributed by atoms with Gasteiger partial charge in [0.05, 0.1) is 11.7 Å². The van der Waals surface area contributed by atoms with E-state index in [1.165, 1.54) is 54.2 Å². The number of nitrogens with zero attached hydrogens (tertiary/aromatic N) is 2. The molecule has 1 aliphatic carbocycles. The summed E-state index contributed by atoms with van der Waals surface area (Å²) in [5.74, 6) is 0. The van der Waals surface area contributed by atoms with E-state index in [0.29, 0.717) is 6.04 Å². The van der Waals surface area contributed by atoms with Gasteiger partial charge in [-0.1, -0.05) is 19.8 Å². The van der Waals surface area contributed by atoms with Crippen molar-refractivity contribution in [2.24, 2.45) is 0 Å². The second-order valence-corrected chi connectivity index (χ2v) is 6.23. The molecule has 0 saturated heterocycles. The number of rotatable bonds is 6. The fraction of sp³-hybridized carbons (Fsp3) is 0.786. The number of unbranched alkanes of at least 4 members (excludes halogenated alkanes) is 2. The van der Waals surface area contributed by atoms with Gasteiger partial charge in [-0.2, -0.15) is 0 Å². The minimum Gasteiger partial charge on any atom is -0.351 e. The van der Waals surface area contributed by atoms with Crippen molar-refractivity contribution >= 4 is 16.5 Å². The van der Waals surface area contributed by atoms with Gasteiger partial charge in [0.2, 0.25) is 0 Å². The molecule has 0 aliphatic heterocycles. The molecular formula is C14H25N3S. The summed E-state index contributed by atoms with van der Waals surface area (Å²) in [6.45, 7) is 3.38. The molecule has 0 aromatic carbocycles. The van der Waals surface area contributed by atoms with Crippen LogP contribution in [0.2, 0.25) is 0 Å². The van der Waals surface area contributed by atoms with Crippen LogP contribution in [0.3, 0.4) is 0 Å². The Morgan fingerprint density at radius 3 is 3.00 bits per heavy atom. The van der Waals surface area contributed by atoms with E-state index >= 15 is 0 Å². The van der Waals surface area contributed by atoms with Crippen molar-refractivity contribution in [3.8, 4) is 0 Å². The molecule has 0 spiro atoms. The van der Waals surface area contributed by atoms with E-state index < -0.39 is 0 Å². The second-order valence-electron chi connectivity index (χ2n) is 5.17. The SMILES string of the molecule is CCCCCN(C)c1nc2c(s1)CCCC2NC. The van der Waals surface area contributed by atoms with Gasteiger partial charge in [0.1, 0.15) is 0 Å². The maximum atomic E-state index is 4.86. The minimum absolute atomic E-state index is 0.475. The summed E-state index contributed by atoms with van der Waals surface area (Å²) in [5, 5.41) is 4.60. The smallest absolute Gasteiger partial charge is 0.185 e. The van der Waals surface area contributed by atoms with Crippen LogP contribution >= 0.6 is 11.3 Å². The van der Waals surface area contributed by atoms with Gasteiger partial charge >= 0.3 is 0 Å². The Labute approximate surface area is 115 Å². The Morgan fingerprint density at radius 2 is 2.28 bits per heavy atom. The summed E-state index contributed by atoms with van der Waals surface area (Å²) >= 11 is 1.90. The van der Waals surface area contributed by atoms with E-state index in [9.17, 15) is 0 Å². The summed E-state index contributed by atoms with van der Waals surface area (Å²) in [7, 11) is 4.22. The van der Waals surface area contributed by atoms with Crippen LogP contribution < -0.4 is 10.2 Å². The van der Waals surface area contributed by atoms with Crippen molar-refractivity contribution in [3.05, 3.63) is 10.6 Å². The zero-order valence-electron chi connectivity index (χ0n) is 11.8. The van der Waals surface area contributed by atoms with Crippen molar-refractivity contribution in [1.29, 1.82) is 0 Å². The van der Waals surface area contributed by atoms with Gasteiger partial charge in [-0.3, -0.25) is 0 Å².